The van der Waals surface area contributed by atoms with Crippen LogP contribution in [-0.4, -0.2) is 28.7 Å². The SMILES string of the molecule is COc1ccc(C)cc1NC(=O)CSc1nc(C2CC2)nc2ccccc12. The number of nitrogens with zero attached hydrogens (tertiary/aromatic N) is 2. The molecule has 1 aliphatic carbocycles. The highest BCUT2D eigenvalue weighted by Gasteiger charge is 2.27. The highest BCUT2D eigenvalue weighted by Crippen LogP contribution is 2.39. The summed E-state index contributed by atoms with van der Waals surface area (Å²) in [4.78, 5) is 21.9. The van der Waals surface area contributed by atoms with Crippen molar-refractivity contribution < 1.29 is 9.53 Å². The van der Waals surface area contributed by atoms with Crippen LogP contribution in [0.25, 0.3) is 10.9 Å². The number of benzene rings is 2. The molecule has 0 saturated heterocycles. The minimum Gasteiger partial charge on any atom is -0.495 e. The van der Waals surface area contributed by atoms with Crippen molar-refractivity contribution in [3.05, 3.63) is 53.9 Å². The summed E-state index contributed by atoms with van der Waals surface area (Å²) < 4.78 is 5.33. The Bertz CT molecular complexity index is 1000. The quantitative estimate of drug-likeness (QED) is 0.503. The molecule has 0 radical (unpaired) electrons. The zero-order valence-electron chi connectivity index (χ0n) is 15.4. The number of aryl methyl sites for hydroxylation is 1. The van der Waals surface area contributed by atoms with Crippen molar-refractivity contribution in [1.29, 1.82) is 0 Å². The van der Waals surface area contributed by atoms with Gasteiger partial charge in [-0.3, -0.25) is 4.79 Å². The number of carbonyl (C=O) groups excluding carboxylic acids is 1. The molecule has 1 heterocycles. The Morgan fingerprint density at radius 1 is 1.22 bits per heavy atom. The molecule has 0 bridgehead atoms. The molecule has 3 aromatic rings. The molecule has 4 rings (SSSR count). The number of hydrogen-bond donors (Lipinski definition) is 1. The Kier molecular flexibility index (Phi) is 4.99. The molecule has 0 aliphatic heterocycles. The van der Waals surface area contributed by atoms with Gasteiger partial charge in [0.25, 0.3) is 0 Å². The predicted molar refractivity (Wildman–Crippen MR) is 109 cm³/mol. The van der Waals surface area contributed by atoms with E-state index in [1.807, 2.05) is 49.4 Å². The van der Waals surface area contributed by atoms with Crippen LogP contribution in [0.1, 0.15) is 30.1 Å². The van der Waals surface area contributed by atoms with Crippen molar-refractivity contribution in [2.45, 2.75) is 30.7 Å². The number of amides is 1. The number of methoxy groups -OCH3 is 1. The smallest absolute Gasteiger partial charge is 0.234 e. The van der Waals surface area contributed by atoms with E-state index < -0.39 is 0 Å². The van der Waals surface area contributed by atoms with E-state index in [1.165, 1.54) is 11.8 Å². The molecular weight excluding hydrogens is 358 g/mol. The van der Waals surface area contributed by atoms with Gasteiger partial charge in [0.15, 0.2) is 0 Å². The molecule has 5 nitrogen and oxygen atoms in total. The van der Waals surface area contributed by atoms with Crippen molar-refractivity contribution in [1.82, 2.24) is 9.97 Å². The topological polar surface area (TPSA) is 64.1 Å². The van der Waals surface area contributed by atoms with Crippen LogP contribution < -0.4 is 10.1 Å². The van der Waals surface area contributed by atoms with E-state index in [0.29, 0.717) is 17.4 Å². The maximum atomic E-state index is 12.5. The lowest BCUT2D eigenvalue weighted by Gasteiger charge is -2.11. The van der Waals surface area contributed by atoms with Crippen LogP contribution in [0.15, 0.2) is 47.5 Å². The standard InChI is InChI=1S/C21H21N3O2S/c1-13-7-10-18(26-2)17(11-13)22-19(25)12-27-21-15-5-3-4-6-16(15)23-20(24-21)14-8-9-14/h3-7,10-11,14H,8-9,12H2,1-2H3,(H,22,25). The summed E-state index contributed by atoms with van der Waals surface area (Å²) in [6.07, 6.45) is 2.30. The summed E-state index contributed by atoms with van der Waals surface area (Å²) in [6, 6.07) is 13.7. The minimum atomic E-state index is -0.0837. The average Bonchev–Trinajstić information content (AvgIpc) is 3.51. The molecule has 0 spiro atoms. The van der Waals surface area contributed by atoms with E-state index in [-0.39, 0.29) is 11.7 Å². The van der Waals surface area contributed by atoms with Crippen LogP contribution >= 0.6 is 11.8 Å². The average molecular weight is 379 g/mol. The number of ether oxygens (including phenoxy) is 1. The van der Waals surface area contributed by atoms with Gasteiger partial charge < -0.3 is 10.1 Å². The highest BCUT2D eigenvalue weighted by molar-refractivity contribution is 8.00. The van der Waals surface area contributed by atoms with E-state index >= 15 is 0 Å². The number of aromatic nitrogens is 2. The number of hydrogen-bond acceptors (Lipinski definition) is 5. The van der Waals surface area contributed by atoms with E-state index in [4.69, 9.17) is 9.72 Å². The number of carbonyl (C=O) groups is 1. The largest absolute Gasteiger partial charge is 0.495 e. The summed E-state index contributed by atoms with van der Waals surface area (Å²) >= 11 is 1.45. The Morgan fingerprint density at radius 2 is 2.04 bits per heavy atom. The molecule has 2 aromatic carbocycles. The predicted octanol–water partition coefficient (Wildman–Crippen LogP) is 4.56. The zero-order chi connectivity index (χ0) is 18.8. The first-order chi connectivity index (χ1) is 13.1. The number of rotatable bonds is 6. The van der Waals surface area contributed by atoms with E-state index in [1.54, 1.807) is 7.11 Å². The maximum absolute atomic E-state index is 12.5. The second kappa shape index (κ2) is 7.56. The highest BCUT2D eigenvalue weighted by atomic mass is 32.2. The summed E-state index contributed by atoms with van der Waals surface area (Å²) in [7, 11) is 1.60. The number of anilines is 1. The lowest BCUT2D eigenvalue weighted by molar-refractivity contribution is -0.113. The third kappa shape index (κ3) is 4.06. The van der Waals surface area contributed by atoms with Crippen LogP contribution in [0.4, 0.5) is 5.69 Å². The normalized spacial score (nSPS) is 13.6. The molecule has 27 heavy (non-hydrogen) atoms. The molecule has 1 aromatic heterocycles. The molecule has 1 N–H and O–H groups in total. The fourth-order valence-electron chi connectivity index (χ4n) is 2.94. The molecule has 0 unspecified atom stereocenters. The summed E-state index contributed by atoms with van der Waals surface area (Å²) in [5, 5.41) is 4.80. The molecule has 1 saturated carbocycles. The van der Waals surface area contributed by atoms with Crippen molar-refractivity contribution in [3.63, 3.8) is 0 Å². The van der Waals surface area contributed by atoms with Gasteiger partial charge in [-0.2, -0.15) is 0 Å². The molecule has 138 valence electrons. The first-order valence-electron chi connectivity index (χ1n) is 8.98. The fourth-order valence-corrected chi connectivity index (χ4v) is 3.76. The van der Waals surface area contributed by atoms with Gasteiger partial charge in [-0.05, 0) is 43.5 Å². The monoisotopic (exact) mass is 379 g/mol. The molecule has 1 aliphatic rings. The molecule has 6 heteroatoms. The Morgan fingerprint density at radius 3 is 2.81 bits per heavy atom. The van der Waals surface area contributed by atoms with Crippen LogP contribution in [0.2, 0.25) is 0 Å². The van der Waals surface area contributed by atoms with Crippen molar-refractivity contribution >= 4 is 34.3 Å². The van der Waals surface area contributed by atoms with Crippen LogP contribution in [-0.2, 0) is 4.79 Å². The van der Waals surface area contributed by atoms with Gasteiger partial charge in [0, 0.05) is 11.3 Å². The third-order valence-corrected chi connectivity index (χ3v) is 5.49. The lowest BCUT2D eigenvalue weighted by Crippen LogP contribution is -2.15. The summed E-state index contributed by atoms with van der Waals surface area (Å²) in [5.41, 5.74) is 2.70. The summed E-state index contributed by atoms with van der Waals surface area (Å²) in [5.74, 6) is 2.22. The first kappa shape index (κ1) is 17.8. The number of nitrogens with one attached hydrogen (secondary N) is 1. The Balaban J connectivity index is 1.51. The van der Waals surface area contributed by atoms with Gasteiger partial charge in [-0.1, -0.05) is 36.0 Å². The Hall–Kier alpha value is -2.60. The van der Waals surface area contributed by atoms with E-state index in [9.17, 15) is 4.79 Å². The molecule has 1 fully saturated rings. The van der Waals surface area contributed by atoms with Gasteiger partial charge in [0.05, 0.1) is 24.1 Å². The maximum Gasteiger partial charge on any atom is 0.234 e. The number of thioether (sulfide) groups is 1. The van der Waals surface area contributed by atoms with Gasteiger partial charge in [0.1, 0.15) is 16.6 Å². The number of fused-ring (bicyclic) bond motifs is 1. The lowest BCUT2D eigenvalue weighted by atomic mass is 10.2. The fraction of sp³-hybridized carbons (Fsp3) is 0.286. The third-order valence-electron chi connectivity index (χ3n) is 4.50. The summed E-state index contributed by atoms with van der Waals surface area (Å²) in [6.45, 7) is 1.98. The minimum absolute atomic E-state index is 0.0837. The van der Waals surface area contributed by atoms with Crippen molar-refractivity contribution in [3.8, 4) is 5.75 Å². The van der Waals surface area contributed by atoms with Gasteiger partial charge >= 0.3 is 0 Å². The van der Waals surface area contributed by atoms with Crippen LogP contribution in [0.3, 0.4) is 0 Å². The second-order valence-electron chi connectivity index (χ2n) is 6.72. The molecule has 1 amide bonds. The zero-order valence-corrected chi connectivity index (χ0v) is 16.2. The molecule has 0 atom stereocenters. The Labute approximate surface area is 162 Å². The first-order valence-corrected chi connectivity index (χ1v) is 9.96. The van der Waals surface area contributed by atoms with Crippen LogP contribution in [0, 0.1) is 6.92 Å². The van der Waals surface area contributed by atoms with Gasteiger partial charge in [-0.25, -0.2) is 9.97 Å². The van der Waals surface area contributed by atoms with Crippen LogP contribution in [0.5, 0.6) is 5.75 Å². The van der Waals surface area contributed by atoms with Gasteiger partial charge in [0.2, 0.25) is 5.91 Å². The number of para-hydroxylation sites is 1. The van der Waals surface area contributed by atoms with E-state index in [2.05, 4.69) is 10.3 Å². The van der Waals surface area contributed by atoms with E-state index in [0.717, 1.165) is 40.2 Å². The van der Waals surface area contributed by atoms with Crippen molar-refractivity contribution in [2.75, 3.05) is 18.2 Å². The molecular formula is C21H21N3O2S. The van der Waals surface area contributed by atoms with Crippen molar-refractivity contribution in [2.24, 2.45) is 0 Å². The van der Waals surface area contributed by atoms with Gasteiger partial charge in [-0.15, -0.1) is 0 Å². The second-order valence-corrected chi connectivity index (χ2v) is 7.68.